The van der Waals surface area contributed by atoms with Crippen LogP contribution in [0.15, 0.2) is 0 Å². The van der Waals surface area contributed by atoms with E-state index in [0.717, 1.165) is 25.7 Å². The van der Waals surface area contributed by atoms with Gasteiger partial charge in [-0.2, -0.15) is 0 Å². The Balaban J connectivity index is 1.75. The van der Waals surface area contributed by atoms with Gasteiger partial charge in [0.2, 0.25) is 0 Å². The van der Waals surface area contributed by atoms with E-state index in [1.807, 2.05) is 0 Å². The van der Waals surface area contributed by atoms with Gasteiger partial charge in [0, 0.05) is 25.0 Å². The molecule has 1 atom stereocenters. The van der Waals surface area contributed by atoms with E-state index < -0.39 is 0 Å². The summed E-state index contributed by atoms with van der Waals surface area (Å²) in [5.41, 5.74) is 5.99. The Bertz CT molecular complexity index is 159. The first-order valence-corrected chi connectivity index (χ1v) is 5.40. The van der Waals surface area contributed by atoms with Crippen molar-refractivity contribution in [2.24, 2.45) is 11.7 Å². The fourth-order valence-corrected chi connectivity index (χ4v) is 2.18. The first-order valence-electron chi connectivity index (χ1n) is 5.40. The van der Waals surface area contributed by atoms with Gasteiger partial charge in [0.1, 0.15) is 0 Å². The third kappa shape index (κ3) is 2.66. The molecule has 1 unspecified atom stereocenters. The first-order chi connectivity index (χ1) is 6.34. The Morgan fingerprint density at radius 3 is 2.85 bits per heavy atom. The molecule has 3 heteroatoms. The quantitative estimate of drug-likeness (QED) is 0.677. The molecule has 2 rings (SSSR count). The Morgan fingerprint density at radius 2 is 2.15 bits per heavy atom. The molecule has 2 aliphatic heterocycles. The van der Waals surface area contributed by atoms with Crippen LogP contribution in [0.1, 0.15) is 19.3 Å². The number of nitrogens with two attached hydrogens (primary N) is 1. The van der Waals surface area contributed by atoms with Crippen molar-refractivity contribution in [1.82, 2.24) is 4.90 Å². The molecule has 0 aliphatic carbocycles. The van der Waals surface area contributed by atoms with Crippen molar-refractivity contribution < 1.29 is 4.74 Å². The standard InChI is InChI=1S/C10H20N2O/c11-10-3-1-2-4-12(6-10)5-9-7-13-8-9/h9-10H,1-8,11H2. The van der Waals surface area contributed by atoms with Gasteiger partial charge in [0.15, 0.2) is 0 Å². The van der Waals surface area contributed by atoms with Crippen LogP contribution in [0.25, 0.3) is 0 Å². The maximum absolute atomic E-state index is 5.99. The number of ether oxygens (including phenoxy) is 1. The molecule has 2 heterocycles. The first kappa shape index (κ1) is 9.44. The number of hydrogen-bond donors (Lipinski definition) is 1. The van der Waals surface area contributed by atoms with Crippen molar-refractivity contribution in [1.29, 1.82) is 0 Å². The summed E-state index contributed by atoms with van der Waals surface area (Å²) in [6.45, 7) is 5.46. The number of rotatable bonds is 2. The molecule has 13 heavy (non-hydrogen) atoms. The summed E-state index contributed by atoms with van der Waals surface area (Å²) in [4.78, 5) is 2.52. The van der Waals surface area contributed by atoms with Crippen molar-refractivity contribution in [3.8, 4) is 0 Å². The van der Waals surface area contributed by atoms with Crippen molar-refractivity contribution in [3.05, 3.63) is 0 Å². The highest BCUT2D eigenvalue weighted by atomic mass is 16.5. The van der Waals surface area contributed by atoms with E-state index in [4.69, 9.17) is 10.5 Å². The van der Waals surface area contributed by atoms with Gasteiger partial charge in [-0.05, 0) is 19.4 Å². The summed E-state index contributed by atoms with van der Waals surface area (Å²) in [7, 11) is 0. The van der Waals surface area contributed by atoms with E-state index in [2.05, 4.69) is 4.90 Å². The number of likely N-dealkylation sites (tertiary alicyclic amines) is 1. The van der Waals surface area contributed by atoms with Gasteiger partial charge in [-0.3, -0.25) is 0 Å². The lowest BCUT2D eigenvalue weighted by atomic mass is 10.1. The van der Waals surface area contributed by atoms with Crippen LogP contribution in [0.4, 0.5) is 0 Å². The van der Waals surface area contributed by atoms with Crippen LogP contribution in [0.3, 0.4) is 0 Å². The molecular weight excluding hydrogens is 164 g/mol. The molecule has 0 aromatic carbocycles. The molecule has 2 saturated heterocycles. The number of nitrogens with zero attached hydrogens (tertiary/aromatic N) is 1. The summed E-state index contributed by atoms with van der Waals surface area (Å²) in [6, 6.07) is 0.406. The highest BCUT2D eigenvalue weighted by Gasteiger charge is 2.23. The minimum Gasteiger partial charge on any atom is -0.381 e. The van der Waals surface area contributed by atoms with E-state index in [0.29, 0.717) is 6.04 Å². The van der Waals surface area contributed by atoms with Crippen molar-refractivity contribution in [2.75, 3.05) is 32.8 Å². The second-order valence-corrected chi connectivity index (χ2v) is 4.42. The predicted molar refractivity (Wildman–Crippen MR) is 52.6 cm³/mol. The van der Waals surface area contributed by atoms with Gasteiger partial charge in [-0.1, -0.05) is 6.42 Å². The van der Waals surface area contributed by atoms with E-state index in [1.165, 1.54) is 32.4 Å². The zero-order valence-electron chi connectivity index (χ0n) is 8.24. The average Bonchev–Trinajstić information content (AvgIpc) is 2.22. The average molecular weight is 184 g/mol. The van der Waals surface area contributed by atoms with E-state index >= 15 is 0 Å². The summed E-state index contributed by atoms with van der Waals surface area (Å²) in [5.74, 6) is 0.783. The molecule has 0 saturated carbocycles. The second kappa shape index (κ2) is 4.40. The molecule has 0 spiro atoms. The Hall–Kier alpha value is -0.120. The zero-order valence-corrected chi connectivity index (χ0v) is 8.24. The molecule has 0 radical (unpaired) electrons. The Kier molecular flexibility index (Phi) is 3.19. The molecule has 0 aromatic heterocycles. The zero-order chi connectivity index (χ0) is 9.10. The molecule has 2 N–H and O–H groups in total. The third-order valence-electron chi connectivity index (χ3n) is 3.02. The lowest BCUT2D eigenvalue weighted by Crippen LogP contribution is -2.43. The Morgan fingerprint density at radius 1 is 1.31 bits per heavy atom. The summed E-state index contributed by atoms with van der Waals surface area (Å²) >= 11 is 0. The summed E-state index contributed by atoms with van der Waals surface area (Å²) in [5, 5.41) is 0. The van der Waals surface area contributed by atoms with E-state index in [-0.39, 0.29) is 0 Å². The molecule has 0 bridgehead atoms. The molecule has 2 fully saturated rings. The molecular formula is C10H20N2O. The lowest BCUT2D eigenvalue weighted by molar-refractivity contribution is -0.0464. The van der Waals surface area contributed by atoms with Crippen molar-refractivity contribution >= 4 is 0 Å². The van der Waals surface area contributed by atoms with Gasteiger partial charge >= 0.3 is 0 Å². The van der Waals surface area contributed by atoms with Gasteiger partial charge in [-0.25, -0.2) is 0 Å². The van der Waals surface area contributed by atoms with Crippen LogP contribution in [0, 0.1) is 5.92 Å². The van der Waals surface area contributed by atoms with Gasteiger partial charge in [0.25, 0.3) is 0 Å². The monoisotopic (exact) mass is 184 g/mol. The minimum absolute atomic E-state index is 0.406. The second-order valence-electron chi connectivity index (χ2n) is 4.42. The van der Waals surface area contributed by atoms with Crippen LogP contribution < -0.4 is 5.73 Å². The van der Waals surface area contributed by atoms with Crippen LogP contribution in [-0.4, -0.2) is 43.8 Å². The highest BCUT2D eigenvalue weighted by molar-refractivity contribution is 4.77. The largest absolute Gasteiger partial charge is 0.381 e. The normalized spacial score (nSPS) is 32.5. The Labute approximate surface area is 80.2 Å². The topological polar surface area (TPSA) is 38.5 Å². The molecule has 76 valence electrons. The molecule has 0 aromatic rings. The fraction of sp³-hybridized carbons (Fsp3) is 1.00. The predicted octanol–water partition coefficient (Wildman–Crippen LogP) is 0.446. The van der Waals surface area contributed by atoms with Crippen molar-refractivity contribution in [3.63, 3.8) is 0 Å². The number of hydrogen-bond acceptors (Lipinski definition) is 3. The SMILES string of the molecule is NC1CCCCN(CC2COC2)C1. The molecule has 0 amide bonds. The summed E-state index contributed by atoms with van der Waals surface area (Å²) in [6.07, 6.45) is 3.83. The van der Waals surface area contributed by atoms with Crippen LogP contribution >= 0.6 is 0 Å². The van der Waals surface area contributed by atoms with Gasteiger partial charge in [0.05, 0.1) is 13.2 Å². The van der Waals surface area contributed by atoms with Gasteiger partial charge < -0.3 is 15.4 Å². The van der Waals surface area contributed by atoms with Crippen LogP contribution in [0.2, 0.25) is 0 Å². The maximum atomic E-state index is 5.99. The van der Waals surface area contributed by atoms with Crippen LogP contribution in [0.5, 0.6) is 0 Å². The van der Waals surface area contributed by atoms with Gasteiger partial charge in [-0.15, -0.1) is 0 Å². The van der Waals surface area contributed by atoms with Crippen LogP contribution in [-0.2, 0) is 4.74 Å². The van der Waals surface area contributed by atoms with E-state index in [1.54, 1.807) is 0 Å². The fourth-order valence-electron chi connectivity index (χ4n) is 2.18. The summed E-state index contributed by atoms with van der Waals surface area (Å²) < 4.78 is 5.18. The third-order valence-corrected chi connectivity index (χ3v) is 3.02. The van der Waals surface area contributed by atoms with E-state index in [9.17, 15) is 0 Å². The minimum atomic E-state index is 0.406. The lowest BCUT2D eigenvalue weighted by Gasteiger charge is -2.32. The maximum Gasteiger partial charge on any atom is 0.0528 e. The highest BCUT2D eigenvalue weighted by Crippen LogP contribution is 2.15. The smallest absolute Gasteiger partial charge is 0.0528 e. The molecule has 2 aliphatic rings. The van der Waals surface area contributed by atoms with Crippen molar-refractivity contribution in [2.45, 2.75) is 25.3 Å². The molecule has 3 nitrogen and oxygen atoms in total.